The molecule has 2 aromatic heterocycles. The van der Waals surface area contributed by atoms with Gasteiger partial charge in [-0.15, -0.1) is 0 Å². The van der Waals surface area contributed by atoms with E-state index >= 15 is 0 Å². The fourth-order valence-corrected chi connectivity index (χ4v) is 1.83. The first-order chi connectivity index (χ1) is 8.69. The van der Waals surface area contributed by atoms with Gasteiger partial charge in [0.1, 0.15) is 6.61 Å². The van der Waals surface area contributed by atoms with Gasteiger partial charge in [-0.2, -0.15) is 0 Å². The molecule has 0 fully saturated rings. The molecule has 2 N–H and O–H groups in total. The molecule has 92 valence electrons. The third-order valence-corrected chi connectivity index (χ3v) is 2.70. The van der Waals surface area contributed by atoms with Crippen LogP contribution in [0, 0.1) is 18.8 Å². The Morgan fingerprint density at radius 2 is 2.50 bits per heavy atom. The van der Waals surface area contributed by atoms with Gasteiger partial charge in [-0.1, -0.05) is 28.3 Å². The Labute approximate surface area is 107 Å². The van der Waals surface area contributed by atoms with Crippen molar-refractivity contribution in [3.8, 4) is 11.8 Å². The molecule has 0 aromatic carbocycles. The van der Waals surface area contributed by atoms with Crippen LogP contribution in [-0.2, 0) is 0 Å². The highest BCUT2D eigenvalue weighted by Gasteiger charge is 2.13. The number of thiazole rings is 1. The predicted molar refractivity (Wildman–Crippen MR) is 65.3 cm³/mol. The van der Waals surface area contributed by atoms with Crippen molar-refractivity contribution in [3.05, 3.63) is 28.6 Å². The zero-order valence-electron chi connectivity index (χ0n) is 9.43. The van der Waals surface area contributed by atoms with Gasteiger partial charge < -0.3 is 9.63 Å². The molecule has 2 heterocycles. The van der Waals surface area contributed by atoms with Crippen LogP contribution in [-0.4, -0.2) is 27.8 Å². The molecule has 2 rings (SSSR count). The van der Waals surface area contributed by atoms with Crippen LogP contribution in [0.2, 0.25) is 0 Å². The summed E-state index contributed by atoms with van der Waals surface area (Å²) in [6, 6.07) is 1.54. The standard InChI is InChI=1S/C11H9N3O3S/c1-7-5-9(17-14-7)10(16)13-11-12-6-8(18-11)3-2-4-15/h5-6,15H,4H2,1H3,(H,12,13,16). The minimum Gasteiger partial charge on any atom is -0.384 e. The van der Waals surface area contributed by atoms with Gasteiger partial charge in [0.15, 0.2) is 5.13 Å². The minimum absolute atomic E-state index is 0.130. The zero-order chi connectivity index (χ0) is 13.0. The van der Waals surface area contributed by atoms with E-state index in [9.17, 15) is 4.79 Å². The average Bonchev–Trinajstić information content (AvgIpc) is 2.96. The summed E-state index contributed by atoms with van der Waals surface area (Å²) in [5, 5.41) is 15.2. The first kappa shape index (κ1) is 12.3. The summed E-state index contributed by atoms with van der Waals surface area (Å²) in [4.78, 5) is 16.3. The van der Waals surface area contributed by atoms with Gasteiger partial charge in [0, 0.05) is 6.07 Å². The smallest absolute Gasteiger partial charge is 0.296 e. The van der Waals surface area contributed by atoms with Crippen molar-refractivity contribution in [3.63, 3.8) is 0 Å². The van der Waals surface area contributed by atoms with E-state index in [1.165, 1.54) is 23.6 Å². The molecule has 0 saturated heterocycles. The Bertz CT molecular complexity index is 621. The predicted octanol–water partition coefficient (Wildman–Crippen LogP) is 1.04. The Morgan fingerprint density at radius 3 is 3.17 bits per heavy atom. The number of anilines is 1. The third-order valence-electron chi connectivity index (χ3n) is 1.87. The molecule has 0 aliphatic heterocycles. The van der Waals surface area contributed by atoms with Gasteiger partial charge in [0.05, 0.1) is 16.8 Å². The van der Waals surface area contributed by atoms with Crippen molar-refractivity contribution in [2.45, 2.75) is 6.92 Å². The lowest BCUT2D eigenvalue weighted by atomic mass is 10.4. The lowest BCUT2D eigenvalue weighted by molar-refractivity contribution is 0.0988. The highest BCUT2D eigenvalue weighted by atomic mass is 32.1. The molecule has 0 spiro atoms. The maximum absolute atomic E-state index is 11.7. The number of aliphatic hydroxyl groups excluding tert-OH is 1. The average molecular weight is 263 g/mol. The van der Waals surface area contributed by atoms with Crippen molar-refractivity contribution in [2.75, 3.05) is 11.9 Å². The molecule has 0 bridgehead atoms. The molecule has 0 unspecified atom stereocenters. The molecule has 0 aliphatic carbocycles. The summed E-state index contributed by atoms with van der Waals surface area (Å²) in [6.45, 7) is 1.52. The van der Waals surface area contributed by atoms with Gasteiger partial charge in [0.25, 0.3) is 5.91 Å². The van der Waals surface area contributed by atoms with Crippen molar-refractivity contribution in [2.24, 2.45) is 0 Å². The van der Waals surface area contributed by atoms with E-state index in [0.717, 1.165) is 0 Å². The molecule has 0 radical (unpaired) electrons. The number of carbonyl (C=O) groups excluding carboxylic acids is 1. The number of carbonyl (C=O) groups is 1. The summed E-state index contributed by atoms with van der Waals surface area (Å²) in [6.07, 6.45) is 1.52. The summed E-state index contributed by atoms with van der Waals surface area (Å²) < 4.78 is 4.82. The van der Waals surface area contributed by atoms with Crippen LogP contribution in [0.15, 0.2) is 16.8 Å². The van der Waals surface area contributed by atoms with E-state index in [1.807, 2.05) is 0 Å². The highest BCUT2D eigenvalue weighted by molar-refractivity contribution is 7.16. The summed E-state index contributed by atoms with van der Waals surface area (Å²) in [5.74, 6) is 4.92. The molecule has 1 amide bonds. The summed E-state index contributed by atoms with van der Waals surface area (Å²) >= 11 is 1.21. The van der Waals surface area contributed by atoms with E-state index < -0.39 is 5.91 Å². The van der Waals surface area contributed by atoms with Crippen LogP contribution in [0.1, 0.15) is 21.1 Å². The van der Waals surface area contributed by atoms with Crippen molar-refractivity contribution in [1.82, 2.24) is 10.1 Å². The van der Waals surface area contributed by atoms with Gasteiger partial charge in [0.2, 0.25) is 5.76 Å². The van der Waals surface area contributed by atoms with Crippen molar-refractivity contribution >= 4 is 22.4 Å². The third kappa shape index (κ3) is 2.94. The minimum atomic E-state index is -0.411. The second-order valence-corrected chi connectivity index (χ2v) is 4.31. The van der Waals surface area contributed by atoms with E-state index in [2.05, 4.69) is 27.3 Å². The van der Waals surface area contributed by atoms with Gasteiger partial charge in [-0.3, -0.25) is 10.1 Å². The van der Waals surface area contributed by atoms with Gasteiger partial charge in [-0.05, 0) is 6.92 Å². The van der Waals surface area contributed by atoms with Crippen LogP contribution in [0.25, 0.3) is 0 Å². The van der Waals surface area contributed by atoms with E-state index in [0.29, 0.717) is 15.7 Å². The van der Waals surface area contributed by atoms with E-state index in [4.69, 9.17) is 9.63 Å². The Hall–Kier alpha value is -2.17. The molecule has 7 heteroatoms. The molecular formula is C11H9N3O3S. The Kier molecular flexibility index (Phi) is 3.72. The highest BCUT2D eigenvalue weighted by Crippen LogP contribution is 2.18. The van der Waals surface area contributed by atoms with Gasteiger partial charge >= 0.3 is 0 Å². The number of hydrogen-bond acceptors (Lipinski definition) is 6. The fourth-order valence-electron chi connectivity index (χ4n) is 1.15. The molecule has 0 saturated carbocycles. The first-order valence-electron chi connectivity index (χ1n) is 4.99. The van der Waals surface area contributed by atoms with Crippen LogP contribution in [0.5, 0.6) is 0 Å². The first-order valence-corrected chi connectivity index (χ1v) is 5.81. The molecule has 2 aromatic rings. The lowest BCUT2D eigenvalue weighted by Crippen LogP contribution is -2.10. The second kappa shape index (κ2) is 5.44. The number of aliphatic hydroxyl groups is 1. The van der Waals surface area contributed by atoms with Crippen molar-refractivity contribution in [1.29, 1.82) is 0 Å². The van der Waals surface area contributed by atoms with Crippen molar-refractivity contribution < 1.29 is 14.4 Å². The quantitative estimate of drug-likeness (QED) is 0.790. The van der Waals surface area contributed by atoms with Crippen LogP contribution < -0.4 is 5.32 Å². The molecule has 0 aliphatic rings. The molecule has 0 atom stereocenters. The SMILES string of the molecule is Cc1cc(C(=O)Nc2ncc(C#CCO)s2)on1. The number of nitrogens with zero attached hydrogens (tertiary/aromatic N) is 2. The van der Waals surface area contributed by atoms with Gasteiger partial charge in [-0.25, -0.2) is 4.98 Å². The number of nitrogens with one attached hydrogen (secondary N) is 1. The monoisotopic (exact) mass is 263 g/mol. The maximum Gasteiger partial charge on any atom is 0.296 e. The number of amides is 1. The molecule has 18 heavy (non-hydrogen) atoms. The van der Waals surface area contributed by atoms with E-state index in [-0.39, 0.29) is 12.4 Å². The van der Waals surface area contributed by atoms with Crippen LogP contribution in [0.4, 0.5) is 5.13 Å². The lowest BCUT2D eigenvalue weighted by Gasteiger charge is -1.95. The number of rotatable bonds is 2. The number of hydrogen-bond donors (Lipinski definition) is 2. The number of aryl methyl sites for hydroxylation is 1. The zero-order valence-corrected chi connectivity index (χ0v) is 10.2. The molecule has 6 nitrogen and oxygen atoms in total. The van der Waals surface area contributed by atoms with Crippen LogP contribution >= 0.6 is 11.3 Å². The topological polar surface area (TPSA) is 88.2 Å². The van der Waals surface area contributed by atoms with Crippen LogP contribution in [0.3, 0.4) is 0 Å². The largest absolute Gasteiger partial charge is 0.384 e. The summed E-state index contributed by atoms with van der Waals surface area (Å²) in [5.41, 5.74) is 0.633. The maximum atomic E-state index is 11.7. The number of aromatic nitrogens is 2. The Morgan fingerprint density at radius 1 is 1.67 bits per heavy atom. The fraction of sp³-hybridized carbons (Fsp3) is 0.182. The van der Waals surface area contributed by atoms with E-state index in [1.54, 1.807) is 6.92 Å². The normalized spacial score (nSPS) is 9.67. The second-order valence-electron chi connectivity index (χ2n) is 3.28. The molecular weight excluding hydrogens is 254 g/mol. The Balaban J connectivity index is 2.05. The summed E-state index contributed by atoms with van der Waals surface area (Å²) in [7, 11) is 0.